The van der Waals surface area contributed by atoms with E-state index in [1.54, 1.807) is 14.0 Å². The molecule has 1 amide bonds. The van der Waals surface area contributed by atoms with Gasteiger partial charge in [0.2, 0.25) is 15.9 Å². The number of ether oxygens (including phenoxy) is 1. The Kier molecular flexibility index (Phi) is 6.65. The summed E-state index contributed by atoms with van der Waals surface area (Å²) in [7, 11) is -1.56. The van der Waals surface area contributed by atoms with Gasteiger partial charge in [-0.1, -0.05) is 15.9 Å². The molecule has 0 saturated carbocycles. The van der Waals surface area contributed by atoms with Gasteiger partial charge in [0.15, 0.2) is 0 Å². The van der Waals surface area contributed by atoms with Crippen LogP contribution < -0.4 is 10.1 Å². The fraction of sp³-hybridized carbons (Fsp3) is 0.562. The lowest BCUT2D eigenvalue weighted by molar-refractivity contribution is -0.126. The topological polar surface area (TPSA) is 75.7 Å². The predicted octanol–water partition coefficient (Wildman–Crippen LogP) is 2.14. The highest BCUT2D eigenvalue weighted by Crippen LogP contribution is 2.24. The Morgan fingerprint density at radius 2 is 2.04 bits per heavy atom. The van der Waals surface area contributed by atoms with E-state index in [0.29, 0.717) is 32.5 Å². The minimum Gasteiger partial charge on any atom is -0.496 e. The van der Waals surface area contributed by atoms with E-state index in [4.69, 9.17) is 4.74 Å². The van der Waals surface area contributed by atoms with Crippen molar-refractivity contribution in [3.63, 3.8) is 0 Å². The summed E-state index contributed by atoms with van der Waals surface area (Å²) in [6.45, 7) is 2.84. The minimum absolute atomic E-state index is 0.0365. The molecule has 1 aromatic carbocycles. The number of halogens is 1. The number of carbonyl (C=O) groups is 1. The fourth-order valence-electron chi connectivity index (χ4n) is 2.79. The zero-order valence-corrected chi connectivity index (χ0v) is 16.3. The van der Waals surface area contributed by atoms with Gasteiger partial charge in [-0.05, 0) is 38.0 Å². The number of sulfonamides is 1. The van der Waals surface area contributed by atoms with Crippen molar-refractivity contribution in [1.82, 2.24) is 9.62 Å². The lowest BCUT2D eigenvalue weighted by atomic mass is 9.97. The number of methoxy groups -OCH3 is 1. The van der Waals surface area contributed by atoms with Crippen molar-refractivity contribution in [2.45, 2.75) is 26.3 Å². The van der Waals surface area contributed by atoms with Gasteiger partial charge in [0, 0.05) is 35.6 Å². The molecule has 2 rings (SSSR count). The highest BCUT2D eigenvalue weighted by atomic mass is 79.9. The summed E-state index contributed by atoms with van der Waals surface area (Å²) in [6.07, 6.45) is 1.11. The van der Waals surface area contributed by atoms with E-state index in [0.717, 1.165) is 15.8 Å². The van der Waals surface area contributed by atoms with Crippen LogP contribution in [0.4, 0.5) is 0 Å². The first-order chi connectivity index (χ1) is 11.4. The molecule has 0 atom stereocenters. The molecule has 1 fully saturated rings. The van der Waals surface area contributed by atoms with E-state index in [-0.39, 0.29) is 17.6 Å². The Labute approximate surface area is 151 Å². The lowest BCUT2D eigenvalue weighted by Gasteiger charge is -2.30. The third-order valence-corrected chi connectivity index (χ3v) is 6.65. The number of carbonyl (C=O) groups excluding carboxylic acids is 1. The SMILES string of the molecule is CCS(=O)(=O)N1CCC(C(=O)NCc2cc(Br)ccc2OC)CC1. The largest absolute Gasteiger partial charge is 0.496 e. The van der Waals surface area contributed by atoms with E-state index < -0.39 is 10.0 Å². The van der Waals surface area contributed by atoms with Crippen molar-refractivity contribution >= 4 is 31.9 Å². The molecular weight excluding hydrogens is 396 g/mol. The van der Waals surface area contributed by atoms with E-state index in [1.807, 2.05) is 18.2 Å². The van der Waals surface area contributed by atoms with Gasteiger partial charge in [0.1, 0.15) is 5.75 Å². The Morgan fingerprint density at radius 1 is 1.38 bits per heavy atom. The fourth-order valence-corrected chi connectivity index (χ4v) is 4.33. The highest BCUT2D eigenvalue weighted by Gasteiger charge is 2.30. The summed E-state index contributed by atoms with van der Waals surface area (Å²) >= 11 is 3.41. The standard InChI is InChI=1S/C16H23BrN2O4S/c1-3-24(21,22)19-8-6-12(7-9-19)16(20)18-11-13-10-14(17)4-5-15(13)23-2/h4-5,10,12H,3,6-9,11H2,1-2H3,(H,18,20). The molecule has 1 aliphatic rings. The predicted molar refractivity (Wildman–Crippen MR) is 96.3 cm³/mol. The summed E-state index contributed by atoms with van der Waals surface area (Å²) in [4.78, 5) is 12.4. The van der Waals surface area contributed by atoms with Crippen molar-refractivity contribution < 1.29 is 17.9 Å². The average molecular weight is 419 g/mol. The van der Waals surface area contributed by atoms with Crippen molar-refractivity contribution in [1.29, 1.82) is 0 Å². The molecule has 134 valence electrons. The first kappa shape index (κ1) is 19.2. The maximum Gasteiger partial charge on any atom is 0.223 e. The maximum absolute atomic E-state index is 12.4. The molecule has 1 saturated heterocycles. The Bertz CT molecular complexity index is 685. The van der Waals surface area contributed by atoms with Crippen LogP contribution in [0.15, 0.2) is 22.7 Å². The number of nitrogens with zero attached hydrogens (tertiary/aromatic N) is 1. The average Bonchev–Trinajstić information content (AvgIpc) is 2.60. The highest BCUT2D eigenvalue weighted by molar-refractivity contribution is 9.10. The van der Waals surface area contributed by atoms with Gasteiger partial charge in [0.05, 0.1) is 12.9 Å². The normalized spacial score (nSPS) is 16.8. The number of nitrogens with one attached hydrogen (secondary N) is 1. The van der Waals surface area contributed by atoms with Crippen molar-refractivity contribution in [3.05, 3.63) is 28.2 Å². The summed E-state index contributed by atoms with van der Waals surface area (Å²) in [5.41, 5.74) is 0.895. The molecule has 1 heterocycles. The van der Waals surface area contributed by atoms with Gasteiger partial charge in [-0.15, -0.1) is 0 Å². The number of hydrogen-bond acceptors (Lipinski definition) is 4. The second-order valence-electron chi connectivity index (χ2n) is 5.75. The second kappa shape index (κ2) is 8.31. The molecule has 0 radical (unpaired) electrons. The zero-order valence-electron chi connectivity index (χ0n) is 13.9. The van der Waals surface area contributed by atoms with Crippen LogP contribution in [-0.4, -0.2) is 44.6 Å². The first-order valence-corrected chi connectivity index (χ1v) is 10.4. The molecule has 24 heavy (non-hydrogen) atoms. The van der Waals surface area contributed by atoms with Crippen molar-refractivity contribution in [2.75, 3.05) is 26.0 Å². The molecule has 0 aromatic heterocycles. The van der Waals surface area contributed by atoms with Crippen molar-refractivity contribution in [2.24, 2.45) is 5.92 Å². The van der Waals surface area contributed by atoms with Crippen LogP contribution in [0.5, 0.6) is 5.75 Å². The van der Waals surface area contributed by atoms with Gasteiger partial charge in [-0.2, -0.15) is 0 Å². The summed E-state index contributed by atoms with van der Waals surface area (Å²) in [5.74, 6) is 0.645. The van der Waals surface area contributed by atoms with Crippen LogP contribution in [0, 0.1) is 5.92 Å². The number of benzene rings is 1. The number of rotatable bonds is 6. The molecular formula is C16H23BrN2O4S. The van der Waals surface area contributed by atoms with Crippen LogP contribution >= 0.6 is 15.9 Å². The number of piperidine rings is 1. The van der Waals surface area contributed by atoms with E-state index in [1.165, 1.54) is 4.31 Å². The van der Waals surface area contributed by atoms with E-state index in [2.05, 4.69) is 21.2 Å². The van der Waals surface area contributed by atoms with Gasteiger partial charge in [-0.25, -0.2) is 12.7 Å². The molecule has 1 N–H and O–H groups in total. The van der Waals surface area contributed by atoms with Gasteiger partial charge >= 0.3 is 0 Å². The molecule has 0 spiro atoms. The van der Waals surface area contributed by atoms with Crippen LogP contribution in [0.1, 0.15) is 25.3 Å². The van der Waals surface area contributed by atoms with Crippen LogP contribution in [0.25, 0.3) is 0 Å². The Morgan fingerprint density at radius 3 is 2.62 bits per heavy atom. The Hall–Kier alpha value is -1.12. The molecule has 0 unspecified atom stereocenters. The molecule has 6 nitrogen and oxygen atoms in total. The third-order valence-electron chi connectivity index (χ3n) is 4.28. The second-order valence-corrected chi connectivity index (χ2v) is 8.92. The minimum atomic E-state index is -3.16. The van der Waals surface area contributed by atoms with Crippen LogP contribution in [-0.2, 0) is 21.4 Å². The van der Waals surface area contributed by atoms with Gasteiger partial charge in [-0.3, -0.25) is 4.79 Å². The molecule has 8 heteroatoms. The van der Waals surface area contributed by atoms with Crippen LogP contribution in [0.2, 0.25) is 0 Å². The summed E-state index contributed by atoms with van der Waals surface area (Å²) in [6, 6.07) is 5.64. The van der Waals surface area contributed by atoms with E-state index >= 15 is 0 Å². The molecule has 0 bridgehead atoms. The Balaban J connectivity index is 1.90. The van der Waals surface area contributed by atoms with Gasteiger partial charge < -0.3 is 10.1 Å². The third kappa shape index (κ3) is 4.70. The van der Waals surface area contributed by atoms with Gasteiger partial charge in [0.25, 0.3) is 0 Å². The van der Waals surface area contributed by atoms with E-state index in [9.17, 15) is 13.2 Å². The molecule has 1 aromatic rings. The zero-order chi connectivity index (χ0) is 17.7. The number of hydrogen-bond donors (Lipinski definition) is 1. The molecule has 0 aliphatic carbocycles. The smallest absolute Gasteiger partial charge is 0.223 e. The molecule has 1 aliphatic heterocycles. The van der Waals surface area contributed by atoms with Crippen LogP contribution in [0.3, 0.4) is 0 Å². The van der Waals surface area contributed by atoms with Crippen molar-refractivity contribution in [3.8, 4) is 5.75 Å². The first-order valence-electron chi connectivity index (χ1n) is 7.95. The summed E-state index contributed by atoms with van der Waals surface area (Å²) in [5, 5.41) is 2.93. The monoisotopic (exact) mass is 418 g/mol. The lowest BCUT2D eigenvalue weighted by Crippen LogP contribution is -2.43. The quantitative estimate of drug-likeness (QED) is 0.767. The summed E-state index contributed by atoms with van der Waals surface area (Å²) < 4.78 is 31.4. The maximum atomic E-state index is 12.4. The number of amides is 1.